The van der Waals surface area contributed by atoms with Crippen molar-refractivity contribution in [2.24, 2.45) is 4.99 Å². The lowest BCUT2D eigenvalue weighted by atomic mass is 9.86. The summed E-state index contributed by atoms with van der Waals surface area (Å²) >= 11 is 0. The van der Waals surface area contributed by atoms with Gasteiger partial charge in [0.15, 0.2) is 0 Å². The lowest BCUT2D eigenvalue weighted by Gasteiger charge is -2.31. The minimum Gasteiger partial charge on any atom is -0.362 e. The van der Waals surface area contributed by atoms with Crippen LogP contribution in [0.25, 0.3) is 5.70 Å². The third kappa shape index (κ3) is 4.98. The molecule has 3 aliphatic heterocycles. The van der Waals surface area contributed by atoms with E-state index in [9.17, 15) is 0 Å². The maximum Gasteiger partial charge on any atom is 0.146 e. The molecule has 1 N–H and O–H groups in total. The smallest absolute Gasteiger partial charge is 0.146 e. The standard InChI is InChI=1S/C36H39N3/c1-35(2,3)28-16-11-24(12-17-28)31-21-32(25-13-18-29(19-14-25)36(4,5)6)38-34(37-31)27-15-20-33-30-10-8-7-9-26(30)22-39(33)23-27/h7-21,23,33-34,37H,22H2,1-6H3. The van der Waals surface area contributed by atoms with Crippen LogP contribution in [0.5, 0.6) is 0 Å². The van der Waals surface area contributed by atoms with Gasteiger partial charge < -0.3 is 10.2 Å². The van der Waals surface area contributed by atoms with E-state index in [-0.39, 0.29) is 17.0 Å². The van der Waals surface area contributed by atoms with Gasteiger partial charge in [-0.1, -0.05) is 126 Å². The molecule has 198 valence electrons. The number of hydrogen-bond donors (Lipinski definition) is 1. The molecule has 3 aliphatic rings. The van der Waals surface area contributed by atoms with Crippen molar-refractivity contribution in [1.29, 1.82) is 0 Å². The SMILES string of the molecule is CC(C)(C)c1ccc(C2=CC(c3ccc(C(C)(C)C)cc3)=NC(C3=CN4Cc5ccccc5C4C=C3)N2)cc1. The van der Waals surface area contributed by atoms with Gasteiger partial charge in [-0.25, -0.2) is 0 Å². The molecule has 2 unspecified atom stereocenters. The Hall–Kier alpha value is -3.85. The van der Waals surface area contributed by atoms with Crippen molar-refractivity contribution in [3.63, 3.8) is 0 Å². The Labute approximate surface area is 233 Å². The van der Waals surface area contributed by atoms with Crippen LogP contribution in [0.3, 0.4) is 0 Å². The van der Waals surface area contributed by atoms with Gasteiger partial charge in [-0.05, 0) is 50.3 Å². The van der Waals surface area contributed by atoms with Gasteiger partial charge in [0.2, 0.25) is 0 Å². The largest absolute Gasteiger partial charge is 0.362 e. The fraction of sp³-hybridized carbons (Fsp3) is 0.306. The van der Waals surface area contributed by atoms with Crippen LogP contribution in [0, 0.1) is 0 Å². The Bertz CT molecular complexity index is 1500. The van der Waals surface area contributed by atoms with Crippen molar-refractivity contribution in [3.8, 4) is 0 Å². The maximum atomic E-state index is 5.25. The Balaban J connectivity index is 1.36. The first kappa shape index (κ1) is 25.4. The zero-order valence-corrected chi connectivity index (χ0v) is 24.0. The van der Waals surface area contributed by atoms with E-state index in [1.807, 2.05) is 0 Å². The quantitative estimate of drug-likeness (QED) is 0.384. The number of nitrogens with one attached hydrogen (secondary N) is 1. The van der Waals surface area contributed by atoms with Crippen molar-refractivity contribution < 1.29 is 0 Å². The molecule has 3 aromatic carbocycles. The highest BCUT2D eigenvalue weighted by Crippen LogP contribution is 2.38. The normalized spacial score (nSPS) is 20.5. The van der Waals surface area contributed by atoms with E-state index >= 15 is 0 Å². The van der Waals surface area contributed by atoms with E-state index in [1.54, 1.807) is 0 Å². The molecule has 0 amide bonds. The van der Waals surface area contributed by atoms with Crippen LogP contribution in [0.1, 0.15) is 81.0 Å². The molecule has 3 nitrogen and oxygen atoms in total. The van der Waals surface area contributed by atoms with Gasteiger partial charge in [0.1, 0.15) is 6.17 Å². The van der Waals surface area contributed by atoms with E-state index in [4.69, 9.17) is 4.99 Å². The number of aliphatic imine (C=N–C) groups is 1. The van der Waals surface area contributed by atoms with Crippen LogP contribution >= 0.6 is 0 Å². The fourth-order valence-corrected chi connectivity index (χ4v) is 5.69. The molecule has 3 heterocycles. The summed E-state index contributed by atoms with van der Waals surface area (Å²) in [5, 5.41) is 3.76. The number of hydrogen-bond acceptors (Lipinski definition) is 3. The molecule has 3 aromatic rings. The number of rotatable bonds is 3. The first-order valence-corrected chi connectivity index (χ1v) is 14.1. The van der Waals surface area contributed by atoms with Crippen LogP contribution in [-0.2, 0) is 17.4 Å². The molecular formula is C36H39N3. The average Bonchev–Trinajstić information content (AvgIpc) is 3.30. The molecule has 0 fully saturated rings. The lowest BCUT2D eigenvalue weighted by Crippen LogP contribution is -2.34. The summed E-state index contributed by atoms with van der Waals surface area (Å²) in [5.41, 5.74) is 11.3. The summed E-state index contributed by atoms with van der Waals surface area (Å²) in [7, 11) is 0. The first-order valence-electron chi connectivity index (χ1n) is 14.1. The van der Waals surface area contributed by atoms with Crippen LogP contribution in [0.2, 0.25) is 0 Å². The van der Waals surface area contributed by atoms with Crippen LogP contribution in [-0.4, -0.2) is 16.8 Å². The van der Waals surface area contributed by atoms with Crippen LogP contribution in [0.4, 0.5) is 0 Å². The molecule has 0 bridgehead atoms. The summed E-state index contributed by atoms with van der Waals surface area (Å²) in [6.45, 7) is 14.5. The molecule has 0 spiro atoms. The Kier molecular flexibility index (Phi) is 6.14. The van der Waals surface area contributed by atoms with Crippen molar-refractivity contribution in [3.05, 3.63) is 136 Å². The van der Waals surface area contributed by atoms with E-state index < -0.39 is 0 Å². The summed E-state index contributed by atoms with van der Waals surface area (Å²) in [5.74, 6) is 0. The van der Waals surface area contributed by atoms with Gasteiger partial charge in [-0.2, -0.15) is 0 Å². The summed E-state index contributed by atoms with van der Waals surface area (Å²) in [4.78, 5) is 7.68. The van der Waals surface area contributed by atoms with E-state index in [2.05, 4.69) is 149 Å². The summed E-state index contributed by atoms with van der Waals surface area (Å²) in [6.07, 6.45) is 8.93. The minimum atomic E-state index is -0.162. The second-order valence-corrected chi connectivity index (χ2v) is 13.1. The van der Waals surface area contributed by atoms with Crippen molar-refractivity contribution in [1.82, 2.24) is 10.2 Å². The Morgan fingerprint density at radius 1 is 0.769 bits per heavy atom. The van der Waals surface area contributed by atoms with Crippen LogP contribution in [0.15, 0.2) is 108 Å². The van der Waals surface area contributed by atoms with Crippen molar-refractivity contribution >= 4 is 11.4 Å². The molecule has 39 heavy (non-hydrogen) atoms. The summed E-state index contributed by atoms with van der Waals surface area (Å²) in [6, 6.07) is 27.0. The minimum absolute atomic E-state index is 0.119. The van der Waals surface area contributed by atoms with Crippen molar-refractivity contribution in [2.75, 3.05) is 0 Å². The first-order chi connectivity index (χ1) is 18.6. The van der Waals surface area contributed by atoms with E-state index in [0.717, 1.165) is 23.5 Å². The maximum absolute atomic E-state index is 5.25. The molecule has 0 saturated heterocycles. The molecule has 3 heteroatoms. The molecule has 0 aliphatic carbocycles. The number of allylic oxidation sites excluding steroid dienone is 1. The van der Waals surface area contributed by atoms with Gasteiger partial charge in [0.05, 0.1) is 11.8 Å². The third-order valence-corrected chi connectivity index (χ3v) is 8.14. The van der Waals surface area contributed by atoms with E-state index in [1.165, 1.54) is 33.4 Å². The zero-order chi connectivity index (χ0) is 27.4. The van der Waals surface area contributed by atoms with E-state index in [0.29, 0.717) is 6.04 Å². The van der Waals surface area contributed by atoms with Gasteiger partial charge in [0, 0.05) is 24.0 Å². The highest BCUT2D eigenvalue weighted by molar-refractivity contribution is 6.13. The molecule has 2 atom stereocenters. The third-order valence-electron chi connectivity index (χ3n) is 8.14. The zero-order valence-electron chi connectivity index (χ0n) is 24.0. The molecule has 0 aromatic heterocycles. The second-order valence-electron chi connectivity index (χ2n) is 13.1. The predicted octanol–water partition coefficient (Wildman–Crippen LogP) is 8.05. The fourth-order valence-electron chi connectivity index (χ4n) is 5.69. The number of nitrogens with zero attached hydrogens (tertiary/aromatic N) is 2. The predicted molar refractivity (Wildman–Crippen MR) is 164 cm³/mol. The lowest BCUT2D eigenvalue weighted by molar-refractivity contribution is 0.343. The highest BCUT2D eigenvalue weighted by atomic mass is 15.2. The topological polar surface area (TPSA) is 27.6 Å². The monoisotopic (exact) mass is 513 g/mol. The van der Waals surface area contributed by atoms with Crippen molar-refractivity contribution in [2.45, 2.75) is 71.1 Å². The number of benzene rings is 3. The second kappa shape index (κ2) is 9.41. The summed E-state index contributed by atoms with van der Waals surface area (Å²) < 4.78 is 0. The molecule has 6 rings (SSSR count). The molecule has 0 saturated carbocycles. The van der Waals surface area contributed by atoms with Gasteiger partial charge in [0.25, 0.3) is 0 Å². The average molecular weight is 514 g/mol. The highest BCUT2D eigenvalue weighted by Gasteiger charge is 2.30. The van der Waals surface area contributed by atoms with Gasteiger partial charge in [-0.3, -0.25) is 4.99 Å². The molecular weight excluding hydrogens is 474 g/mol. The number of fused-ring (bicyclic) bond motifs is 3. The Morgan fingerprint density at radius 2 is 1.38 bits per heavy atom. The van der Waals surface area contributed by atoms with Crippen LogP contribution < -0.4 is 5.32 Å². The Morgan fingerprint density at radius 3 is 2.03 bits per heavy atom. The van der Waals surface area contributed by atoms with Gasteiger partial charge >= 0.3 is 0 Å². The van der Waals surface area contributed by atoms with Gasteiger partial charge in [-0.15, -0.1) is 0 Å². The molecule has 0 radical (unpaired) electrons.